The first kappa shape index (κ1) is 13.6. The largest absolute Gasteiger partial charge is 0.391 e. The Hall–Kier alpha value is -0.0800. The van der Waals surface area contributed by atoms with Crippen LogP contribution in [0.4, 0.5) is 0 Å². The Kier molecular flexibility index (Phi) is 3.38. The number of rotatable bonds is 3. The van der Waals surface area contributed by atoms with E-state index in [1.807, 2.05) is 0 Å². The highest BCUT2D eigenvalue weighted by Gasteiger charge is 2.54. The SMILES string of the molecule is CC1CCCCN1CC(O)C12CC3CC(CC(C3)C1)C2. The van der Waals surface area contributed by atoms with Gasteiger partial charge in [0.05, 0.1) is 6.10 Å². The average Bonchev–Trinajstić information content (AvgIpc) is 2.40. The first-order chi connectivity index (χ1) is 9.64. The fraction of sp³-hybridized carbons (Fsp3) is 1.00. The minimum Gasteiger partial charge on any atom is -0.391 e. The van der Waals surface area contributed by atoms with Crippen LogP contribution < -0.4 is 0 Å². The van der Waals surface area contributed by atoms with E-state index in [9.17, 15) is 5.11 Å². The van der Waals surface area contributed by atoms with Gasteiger partial charge < -0.3 is 5.11 Å². The molecule has 1 heterocycles. The summed E-state index contributed by atoms with van der Waals surface area (Å²) in [4.78, 5) is 2.58. The Morgan fingerprint density at radius 1 is 1.05 bits per heavy atom. The lowest BCUT2D eigenvalue weighted by molar-refractivity contribution is -0.129. The van der Waals surface area contributed by atoms with Crippen molar-refractivity contribution < 1.29 is 5.11 Å². The number of piperidine rings is 1. The molecule has 5 fully saturated rings. The Balaban J connectivity index is 1.46. The summed E-state index contributed by atoms with van der Waals surface area (Å²) in [5.74, 6) is 2.86. The van der Waals surface area contributed by atoms with Crippen LogP contribution in [0.1, 0.15) is 64.7 Å². The van der Waals surface area contributed by atoms with Gasteiger partial charge in [0.15, 0.2) is 0 Å². The molecule has 1 saturated heterocycles. The number of hydrogen-bond donors (Lipinski definition) is 1. The normalized spacial score (nSPS) is 49.5. The maximum absolute atomic E-state index is 11.0. The Morgan fingerprint density at radius 3 is 2.20 bits per heavy atom. The minimum absolute atomic E-state index is 0.0588. The second-order valence-electron chi connectivity index (χ2n) is 8.64. The van der Waals surface area contributed by atoms with Crippen LogP contribution in [-0.4, -0.2) is 35.2 Å². The van der Waals surface area contributed by atoms with Crippen molar-refractivity contribution >= 4 is 0 Å². The Morgan fingerprint density at radius 2 is 1.65 bits per heavy atom. The molecule has 0 amide bonds. The summed E-state index contributed by atoms with van der Waals surface area (Å²) in [5.41, 5.74) is 0.311. The maximum atomic E-state index is 11.0. The number of nitrogens with zero attached hydrogens (tertiary/aromatic N) is 1. The first-order valence-corrected chi connectivity index (χ1v) is 9.07. The molecule has 4 aliphatic carbocycles. The minimum atomic E-state index is -0.0588. The number of β-amino-alcohol motifs (C(OH)–C–C–N with tert-alkyl or cyclic N) is 1. The van der Waals surface area contributed by atoms with Crippen molar-refractivity contribution in [2.75, 3.05) is 13.1 Å². The van der Waals surface area contributed by atoms with Crippen LogP contribution in [0.15, 0.2) is 0 Å². The lowest BCUT2D eigenvalue weighted by Gasteiger charge is -2.59. The molecular weight excluding hydrogens is 246 g/mol. The third kappa shape index (κ3) is 2.23. The van der Waals surface area contributed by atoms with Gasteiger partial charge in [-0.05, 0) is 88.0 Å². The second-order valence-corrected chi connectivity index (χ2v) is 8.64. The van der Waals surface area contributed by atoms with Crippen LogP contribution >= 0.6 is 0 Å². The van der Waals surface area contributed by atoms with Gasteiger partial charge in [0.1, 0.15) is 0 Å². The lowest BCUT2D eigenvalue weighted by atomic mass is 9.48. The molecular formula is C18H31NO. The Bertz CT molecular complexity index is 331. The van der Waals surface area contributed by atoms with Crippen LogP contribution in [0, 0.1) is 23.2 Å². The van der Waals surface area contributed by atoms with Crippen LogP contribution in [0.5, 0.6) is 0 Å². The van der Waals surface area contributed by atoms with Gasteiger partial charge in [-0.2, -0.15) is 0 Å². The molecule has 5 rings (SSSR count). The van der Waals surface area contributed by atoms with E-state index in [1.54, 1.807) is 0 Å². The molecule has 0 aromatic carbocycles. The molecule has 2 unspecified atom stereocenters. The predicted octanol–water partition coefficient (Wildman–Crippen LogP) is 3.44. The predicted molar refractivity (Wildman–Crippen MR) is 81.5 cm³/mol. The van der Waals surface area contributed by atoms with Gasteiger partial charge in [0.2, 0.25) is 0 Å². The summed E-state index contributed by atoms with van der Waals surface area (Å²) >= 11 is 0. The number of aliphatic hydroxyl groups is 1. The van der Waals surface area contributed by atoms with Crippen molar-refractivity contribution in [3.05, 3.63) is 0 Å². The van der Waals surface area contributed by atoms with Gasteiger partial charge in [0, 0.05) is 12.6 Å². The van der Waals surface area contributed by atoms with Gasteiger partial charge >= 0.3 is 0 Å². The van der Waals surface area contributed by atoms with Gasteiger partial charge in [-0.15, -0.1) is 0 Å². The number of hydrogen-bond acceptors (Lipinski definition) is 2. The molecule has 0 aromatic rings. The number of likely N-dealkylation sites (tertiary alicyclic amines) is 1. The lowest BCUT2D eigenvalue weighted by Crippen LogP contribution is -2.55. The summed E-state index contributed by atoms with van der Waals surface area (Å²) < 4.78 is 0. The molecule has 0 radical (unpaired) electrons. The highest BCUT2D eigenvalue weighted by molar-refractivity contribution is 5.05. The molecule has 0 spiro atoms. The summed E-state index contributed by atoms with van der Waals surface area (Å²) in [5, 5.41) is 11.0. The average molecular weight is 277 g/mol. The highest BCUT2D eigenvalue weighted by atomic mass is 16.3. The van der Waals surface area contributed by atoms with E-state index in [1.165, 1.54) is 64.3 Å². The third-order valence-corrected chi connectivity index (χ3v) is 7.14. The monoisotopic (exact) mass is 277 g/mol. The number of aliphatic hydroxyl groups excluding tert-OH is 1. The zero-order valence-corrected chi connectivity index (χ0v) is 13.1. The highest BCUT2D eigenvalue weighted by Crippen LogP contribution is 2.61. The maximum Gasteiger partial charge on any atom is 0.0723 e. The summed E-state index contributed by atoms with van der Waals surface area (Å²) in [6, 6.07) is 0.687. The summed E-state index contributed by atoms with van der Waals surface area (Å²) in [6.45, 7) is 4.52. The third-order valence-electron chi connectivity index (χ3n) is 7.14. The van der Waals surface area contributed by atoms with E-state index >= 15 is 0 Å². The van der Waals surface area contributed by atoms with Gasteiger partial charge in [0.25, 0.3) is 0 Å². The molecule has 4 saturated carbocycles. The van der Waals surface area contributed by atoms with E-state index < -0.39 is 0 Å². The first-order valence-electron chi connectivity index (χ1n) is 9.07. The molecule has 114 valence electrons. The van der Waals surface area contributed by atoms with Gasteiger partial charge in [-0.1, -0.05) is 6.42 Å². The Labute approximate surface area is 123 Å². The standard InChI is InChI=1S/C18H31NO/c1-13-4-2-3-5-19(13)12-17(20)18-9-14-6-15(10-18)8-16(7-14)11-18/h13-17,20H,2-12H2,1H3. The summed E-state index contributed by atoms with van der Waals surface area (Å²) in [7, 11) is 0. The summed E-state index contributed by atoms with van der Waals surface area (Å²) in [6.07, 6.45) is 12.4. The van der Waals surface area contributed by atoms with Crippen molar-refractivity contribution in [2.24, 2.45) is 23.2 Å². The smallest absolute Gasteiger partial charge is 0.0723 e. The van der Waals surface area contributed by atoms with E-state index in [-0.39, 0.29) is 6.10 Å². The molecule has 2 heteroatoms. The van der Waals surface area contributed by atoms with Gasteiger partial charge in [-0.3, -0.25) is 4.90 Å². The van der Waals surface area contributed by atoms with Crippen LogP contribution in [0.2, 0.25) is 0 Å². The topological polar surface area (TPSA) is 23.5 Å². The molecule has 4 bridgehead atoms. The van der Waals surface area contributed by atoms with Crippen LogP contribution in [0.3, 0.4) is 0 Å². The molecule has 5 aliphatic rings. The van der Waals surface area contributed by atoms with E-state index in [4.69, 9.17) is 0 Å². The molecule has 1 aliphatic heterocycles. The fourth-order valence-electron chi connectivity index (χ4n) is 6.43. The zero-order valence-electron chi connectivity index (χ0n) is 13.1. The molecule has 0 aromatic heterocycles. The molecule has 2 atom stereocenters. The zero-order chi connectivity index (χ0) is 13.7. The fourth-order valence-corrected chi connectivity index (χ4v) is 6.43. The molecule has 1 N–H and O–H groups in total. The van der Waals surface area contributed by atoms with Gasteiger partial charge in [-0.25, -0.2) is 0 Å². The van der Waals surface area contributed by atoms with Crippen molar-refractivity contribution in [1.82, 2.24) is 4.90 Å². The van der Waals surface area contributed by atoms with Crippen LogP contribution in [0.25, 0.3) is 0 Å². The van der Waals surface area contributed by atoms with Crippen molar-refractivity contribution in [3.8, 4) is 0 Å². The van der Waals surface area contributed by atoms with Crippen molar-refractivity contribution in [3.63, 3.8) is 0 Å². The van der Waals surface area contributed by atoms with Crippen molar-refractivity contribution in [1.29, 1.82) is 0 Å². The van der Waals surface area contributed by atoms with Crippen LogP contribution in [-0.2, 0) is 0 Å². The molecule has 20 heavy (non-hydrogen) atoms. The van der Waals surface area contributed by atoms with E-state index in [0.29, 0.717) is 11.5 Å². The second kappa shape index (κ2) is 4.98. The van der Waals surface area contributed by atoms with E-state index in [2.05, 4.69) is 11.8 Å². The van der Waals surface area contributed by atoms with E-state index in [0.717, 1.165) is 24.3 Å². The molecule has 2 nitrogen and oxygen atoms in total. The quantitative estimate of drug-likeness (QED) is 0.854. The van der Waals surface area contributed by atoms with Crippen molar-refractivity contribution in [2.45, 2.75) is 76.9 Å².